The zero-order valence-corrected chi connectivity index (χ0v) is 10.8. The quantitative estimate of drug-likeness (QED) is 0.263. The molecule has 0 aliphatic heterocycles. The van der Waals surface area contributed by atoms with Gasteiger partial charge in [0.05, 0.1) is 6.61 Å². The van der Waals surface area contributed by atoms with Gasteiger partial charge in [-0.2, -0.15) is 4.52 Å². The van der Waals surface area contributed by atoms with Gasteiger partial charge in [-0.3, -0.25) is 15.3 Å². The van der Waals surface area contributed by atoms with Crippen LogP contribution in [0.15, 0.2) is 0 Å². The topological polar surface area (TPSA) is 147 Å². The van der Waals surface area contributed by atoms with Gasteiger partial charge in [0, 0.05) is 13.3 Å². The molecule has 0 fully saturated rings. The maximum Gasteiger partial charge on any atom is 0.369 e. The van der Waals surface area contributed by atoms with Crippen LogP contribution in [0.1, 0.15) is 26.2 Å². The highest BCUT2D eigenvalue weighted by atomic mass is 31.2. The van der Waals surface area contributed by atoms with Crippen LogP contribution in [0.25, 0.3) is 0 Å². The van der Waals surface area contributed by atoms with Gasteiger partial charge in [0.2, 0.25) is 0 Å². The molecule has 0 bridgehead atoms. The smallest absolute Gasteiger partial charge is 0.369 e. The first-order valence-corrected chi connectivity index (χ1v) is 6.87. The fourth-order valence-corrected chi connectivity index (χ4v) is 2.22. The van der Waals surface area contributed by atoms with Gasteiger partial charge in [0.1, 0.15) is 0 Å². The highest BCUT2D eigenvalue weighted by Crippen LogP contribution is 2.61. The molecule has 2 atom stereocenters. The first-order valence-electron chi connectivity index (χ1n) is 5.14. The summed E-state index contributed by atoms with van der Waals surface area (Å²) in [6.45, 7) is 0.866. The third-order valence-electron chi connectivity index (χ3n) is 2.31. The molecule has 104 valence electrons. The van der Waals surface area contributed by atoms with Crippen molar-refractivity contribution in [3.05, 3.63) is 0 Å². The van der Waals surface area contributed by atoms with Crippen molar-refractivity contribution in [1.82, 2.24) is 0 Å². The number of carboxylic acids is 2. The van der Waals surface area contributed by atoms with E-state index in [1.807, 2.05) is 0 Å². The molecule has 0 aromatic heterocycles. The van der Waals surface area contributed by atoms with Crippen molar-refractivity contribution < 1.29 is 34.0 Å². The second-order valence-electron chi connectivity index (χ2n) is 3.87. The van der Waals surface area contributed by atoms with Crippen molar-refractivity contribution in [1.29, 1.82) is 0 Å². The molecule has 8 nitrogen and oxygen atoms in total. The van der Waals surface area contributed by atoms with Crippen LogP contribution in [-0.2, 0) is 18.9 Å². The van der Waals surface area contributed by atoms with Gasteiger partial charge in [-0.05, 0) is 12.8 Å². The molecule has 0 saturated heterocycles. The van der Waals surface area contributed by atoms with E-state index in [0.717, 1.165) is 6.92 Å². The SMILES string of the molecule is CC(N)(C(=O)O)[P+](O)(C=O)OCCCCC(=O)O. The fraction of sp³-hybridized carbons (Fsp3) is 0.667. The molecular weight excluding hydrogens is 265 g/mol. The minimum absolute atomic E-state index is 0.0261. The molecule has 0 aliphatic carbocycles. The summed E-state index contributed by atoms with van der Waals surface area (Å²) in [5.41, 5.74) is 5.36. The van der Waals surface area contributed by atoms with Crippen LogP contribution in [0.5, 0.6) is 0 Å². The summed E-state index contributed by atoms with van der Waals surface area (Å²) in [5, 5.41) is 15.0. The van der Waals surface area contributed by atoms with Gasteiger partial charge in [-0.1, -0.05) is 0 Å². The number of carboxylic acid groups (broad SMARTS) is 2. The van der Waals surface area contributed by atoms with Gasteiger partial charge < -0.3 is 10.2 Å². The van der Waals surface area contributed by atoms with Crippen LogP contribution in [0.3, 0.4) is 0 Å². The van der Waals surface area contributed by atoms with Crippen LogP contribution in [0, 0.1) is 0 Å². The Balaban J connectivity index is 4.37. The molecule has 18 heavy (non-hydrogen) atoms. The molecule has 5 N–H and O–H groups in total. The van der Waals surface area contributed by atoms with Crippen LogP contribution in [-0.4, -0.2) is 45.0 Å². The molecule has 0 amide bonds. The summed E-state index contributed by atoms with van der Waals surface area (Å²) in [5.74, 6) is -2.51. The Kier molecular flexibility index (Phi) is 6.34. The first kappa shape index (κ1) is 16.9. The van der Waals surface area contributed by atoms with Gasteiger partial charge in [0.15, 0.2) is 0 Å². The second-order valence-corrected chi connectivity index (χ2v) is 6.51. The second kappa shape index (κ2) is 6.75. The van der Waals surface area contributed by atoms with E-state index in [4.69, 9.17) is 20.5 Å². The maximum atomic E-state index is 10.8. The number of carbonyl (C=O) groups excluding carboxylic acids is 1. The molecule has 0 spiro atoms. The van der Waals surface area contributed by atoms with Gasteiger partial charge in [-0.15, -0.1) is 0 Å². The van der Waals surface area contributed by atoms with Gasteiger partial charge in [0.25, 0.3) is 5.28 Å². The molecule has 0 aliphatic rings. The number of unbranched alkanes of at least 4 members (excludes halogenated alkanes) is 1. The minimum Gasteiger partial charge on any atom is -0.481 e. The summed E-state index contributed by atoms with van der Waals surface area (Å²) >= 11 is 0. The molecule has 0 rings (SSSR count). The lowest BCUT2D eigenvalue weighted by molar-refractivity contribution is -0.140. The zero-order chi connectivity index (χ0) is 14.4. The standard InChI is InChI=1S/C9H16NO7P/c1-9(10,8(14)15)18(16,6-11)17-5-3-2-4-7(12)13/h6,16H,2-5,10H2,1H3,(H-,12,13,14,15)/p+1. The van der Waals surface area contributed by atoms with E-state index in [0.29, 0.717) is 6.42 Å². The van der Waals surface area contributed by atoms with E-state index in [9.17, 15) is 19.3 Å². The predicted octanol–water partition coefficient (Wildman–Crippen LogP) is 0.0475. The lowest BCUT2D eigenvalue weighted by Crippen LogP contribution is -2.47. The molecule has 2 unspecified atom stereocenters. The molecule has 0 aromatic rings. The van der Waals surface area contributed by atoms with Gasteiger partial charge in [-0.25, -0.2) is 9.69 Å². The molecule has 0 saturated carbocycles. The minimum atomic E-state index is -3.92. The van der Waals surface area contributed by atoms with Crippen molar-refractivity contribution in [3.8, 4) is 0 Å². The summed E-state index contributed by atoms with van der Waals surface area (Å²) < 4.78 is 4.89. The highest BCUT2D eigenvalue weighted by molar-refractivity contribution is 7.81. The summed E-state index contributed by atoms with van der Waals surface area (Å²) in [6, 6.07) is 0.0261. The lowest BCUT2D eigenvalue weighted by Gasteiger charge is -2.24. The van der Waals surface area contributed by atoms with Crippen LogP contribution in [0.2, 0.25) is 0 Å². The first-order chi connectivity index (χ1) is 8.17. The number of carbonyl (C=O) groups is 3. The van der Waals surface area contributed by atoms with E-state index in [-0.39, 0.29) is 25.5 Å². The van der Waals surface area contributed by atoms with Crippen LogP contribution in [0.4, 0.5) is 0 Å². The van der Waals surface area contributed by atoms with Crippen molar-refractivity contribution in [2.75, 3.05) is 6.61 Å². The van der Waals surface area contributed by atoms with E-state index in [2.05, 4.69) is 0 Å². The molecule has 0 aromatic carbocycles. The number of nitrogens with two attached hydrogens (primary N) is 1. The maximum absolute atomic E-state index is 10.8. The summed E-state index contributed by atoms with van der Waals surface area (Å²) in [6.07, 6.45) is 0.501. The third-order valence-corrected chi connectivity index (χ3v) is 4.70. The Morgan fingerprint density at radius 2 is 1.94 bits per heavy atom. The Morgan fingerprint density at radius 1 is 1.39 bits per heavy atom. The average Bonchev–Trinajstić information content (AvgIpc) is 2.27. The number of hydrogen-bond donors (Lipinski definition) is 4. The molecule has 0 heterocycles. The monoisotopic (exact) mass is 282 g/mol. The lowest BCUT2D eigenvalue weighted by atomic mass is 10.2. The van der Waals surface area contributed by atoms with E-state index in [1.165, 1.54) is 0 Å². The number of aliphatic carboxylic acids is 2. The normalized spacial score (nSPS) is 17.5. The average molecular weight is 282 g/mol. The Labute approximate surface area is 104 Å². The fourth-order valence-electron chi connectivity index (χ4n) is 0.993. The molecule has 9 heteroatoms. The van der Waals surface area contributed by atoms with Crippen molar-refractivity contribution >= 4 is 25.7 Å². The Morgan fingerprint density at radius 3 is 2.33 bits per heavy atom. The summed E-state index contributed by atoms with van der Waals surface area (Å²) in [4.78, 5) is 41.7. The van der Waals surface area contributed by atoms with E-state index in [1.54, 1.807) is 0 Å². The predicted molar refractivity (Wildman–Crippen MR) is 63.6 cm³/mol. The van der Waals surface area contributed by atoms with Crippen molar-refractivity contribution in [2.45, 2.75) is 31.5 Å². The van der Waals surface area contributed by atoms with Crippen molar-refractivity contribution in [2.24, 2.45) is 5.73 Å². The zero-order valence-electron chi connectivity index (χ0n) is 9.90. The Bertz CT molecular complexity index is 333. The van der Waals surface area contributed by atoms with Crippen LogP contribution < -0.4 is 5.73 Å². The third kappa shape index (κ3) is 4.30. The van der Waals surface area contributed by atoms with Crippen molar-refractivity contribution in [3.63, 3.8) is 0 Å². The molecular formula is C9H17NO7P+. The highest BCUT2D eigenvalue weighted by Gasteiger charge is 2.61. The van der Waals surface area contributed by atoms with Gasteiger partial charge >= 0.3 is 25.7 Å². The Hall–Kier alpha value is -1.08. The van der Waals surface area contributed by atoms with E-state index < -0.39 is 24.9 Å². The number of rotatable bonds is 9. The van der Waals surface area contributed by atoms with E-state index >= 15 is 0 Å². The number of hydrogen-bond acceptors (Lipinski definition) is 6. The summed E-state index contributed by atoms with van der Waals surface area (Å²) in [7, 11) is -3.92. The van der Waals surface area contributed by atoms with Crippen LogP contribution >= 0.6 is 7.72 Å². The largest absolute Gasteiger partial charge is 0.481 e. The molecule has 0 radical (unpaired) electrons.